The second-order valence-corrected chi connectivity index (χ2v) is 6.71. The van der Waals surface area contributed by atoms with E-state index in [1.807, 2.05) is 13.8 Å². The van der Waals surface area contributed by atoms with Gasteiger partial charge in [0.15, 0.2) is 0 Å². The number of hydrogen-bond donors (Lipinski definition) is 1. The Balaban J connectivity index is 1.66. The van der Waals surface area contributed by atoms with Crippen molar-refractivity contribution >= 4 is 23.2 Å². The molecule has 0 aliphatic carbocycles. The molecular weight excluding hydrogens is 342 g/mol. The van der Waals surface area contributed by atoms with Crippen LogP contribution in [-0.4, -0.2) is 24.5 Å². The van der Waals surface area contributed by atoms with Gasteiger partial charge in [-0.2, -0.15) is 5.26 Å². The number of benzene rings is 2. The first-order valence-electron chi connectivity index (χ1n) is 8.85. The van der Waals surface area contributed by atoms with Crippen molar-refractivity contribution in [2.45, 2.75) is 26.4 Å². The number of amides is 2. The molecule has 2 amide bonds. The van der Waals surface area contributed by atoms with Crippen molar-refractivity contribution in [3.05, 3.63) is 54.1 Å². The Morgan fingerprint density at radius 1 is 1.22 bits per heavy atom. The summed E-state index contributed by atoms with van der Waals surface area (Å²) in [5.41, 5.74) is 1.63. The topological polar surface area (TPSA) is 82.4 Å². The van der Waals surface area contributed by atoms with E-state index in [2.05, 4.69) is 11.4 Å². The molecule has 6 heteroatoms. The van der Waals surface area contributed by atoms with E-state index in [1.165, 1.54) is 4.90 Å². The van der Waals surface area contributed by atoms with Crippen molar-refractivity contribution in [3.8, 4) is 11.8 Å². The first-order valence-corrected chi connectivity index (χ1v) is 8.85. The molecule has 1 aliphatic heterocycles. The van der Waals surface area contributed by atoms with Crippen LogP contribution >= 0.6 is 0 Å². The maximum absolute atomic E-state index is 12.6. The Labute approximate surface area is 158 Å². The Morgan fingerprint density at radius 3 is 2.59 bits per heavy atom. The first-order chi connectivity index (χ1) is 13.0. The Bertz CT molecular complexity index is 884. The molecule has 1 atom stereocenters. The Kier molecular flexibility index (Phi) is 5.41. The molecular formula is C21H21N3O3. The van der Waals surface area contributed by atoms with Crippen molar-refractivity contribution in [1.82, 2.24) is 0 Å². The molecule has 0 bridgehead atoms. The summed E-state index contributed by atoms with van der Waals surface area (Å²) in [5.74, 6) is -0.0921. The highest BCUT2D eigenvalue weighted by Crippen LogP contribution is 2.28. The molecule has 1 N–H and O–H groups in total. The fraction of sp³-hybridized carbons (Fsp3) is 0.286. The van der Waals surface area contributed by atoms with Crippen LogP contribution in [0.1, 0.15) is 25.8 Å². The number of nitrogens with zero attached hydrogens (tertiary/aromatic N) is 2. The van der Waals surface area contributed by atoms with E-state index in [1.54, 1.807) is 48.5 Å². The summed E-state index contributed by atoms with van der Waals surface area (Å²) in [6.07, 6.45) is 0.206. The van der Waals surface area contributed by atoms with Crippen LogP contribution in [0.3, 0.4) is 0 Å². The SMILES string of the molecule is CC(C)Oc1ccc(NC(=O)C2CC(=O)N(c3ccccc3C#N)C2)cc1. The zero-order valence-electron chi connectivity index (χ0n) is 15.3. The number of nitrogens with one attached hydrogen (secondary N) is 1. The number of carbonyl (C=O) groups is 2. The number of ether oxygens (including phenoxy) is 1. The molecule has 27 heavy (non-hydrogen) atoms. The van der Waals surface area contributed by atoms with Crippen molar-refractivity contribution in [2.75, 3.05) is 16.8 Å². The van der Waals surface area contributed by atoms with E-state index in [-0.39, 0.29) is 30.9 Å². The number of hydrogen-bond acceptors (Lipinski definition) is 4. The van der Waals surface area contributed by atoms with Gasteiger partial charge in [0.1, 0.15) is 11.8 Å². The second-order valence-electron chi connectivity index (χ2n) is 6.71. The smallest absolute Gasteiger partial charge is 0.229 e. The lowest BCUT2D eigenvalue weighted by Crippen LogP contribution is -2.28. The van der Waals surface area contributed by atoms with E-state index in [0.29, 0.717) is 16.9 Å². The van der Waals surface area contributed by atoms with E-state index >= 15 is 0 Å². The van der Waals surface area contributed by atoms with Gasteiger partial charge in [-0.05, 0) is 50.2 Å². The summed E-state index contributed by atoms with van der Waals surface area (Å²) in [7, 11) is 0. The predicted molar refractivity (Wildman–Crippen MR) is 102 cm³/mol. The molecule has 138 valence electrons. The number of para-hydroxylation sites is 1. The van der Waals surface area contributed by atoms with Crippen LogP contribution in [0.25, 0.3) is 0 Å². The lowest BCUT2D eigenvalue weighted by atomic mass is 10.1. The van der Waals surface area contributed by atoms with Gasteiger partial charge in [0.05, 0.1) is 23.3 Å². The number of nitriles is 1. The normalized spacial score (nSPS) is 16.3. The maximum atomic E-state index is 12.6. The average Bonchev–Trinajstić information content (AvgIpc) is 3.04. The molecule has 0 saturated carbocycles. The number of carbonyl (C=O) groups excluding carboxylic acids is 2. The van der Waals surface area contributed by atoms with Crippen LogP contribution < -0.4 is 15.0 Å². The van der Waals surface area contributed by atoms with E-state index in [0.717, 1.165) is 5.75 Å². The van der Waals surface area contributed by atoms with E-state index in [4.69, 9.17) is 4.74 Å². The monoisotopic (exact) mass is 363 g/mol. The fourth-order valence-electron chi connectivity index (χ4n) is 3.05. The minimum Gasteiger partial charge on any atom is -0.491 e. The minimum absolute atomic E-state index is 0.0808. The van der Waals surface area contributed by atoms with Gasteiger partial charge in [0.2, 0.25) is 11.8 Å². The van der Waals surface area contributed by atoms with Crippen molar-refractivity contribution < 1.29 is 14.3 Å². The van der Waals surface area contributed by atoms with Crippen LogP contribution in [0.15, 0.2) is 48.5 Å². The predicted octanol–water partition coefficient (Wildman–Crippen LogP) is 3.34. The molecule has 1 unspecified atom stereocenters. The molecule has 2 aromatic carbocycles. The largest absolute Gasteiger partial charge is 0.491 e. The molecule has 3 rings (SSSR count). The Morgan fingerprint density at radius 2 is 1.93 bits per heavy atom. The van der Waals surface area contributed by atoms with Gasteiger partial charge in [-0.3, -0.25) is 9.59 Å². The van der Waals surface area contributed by atoms with E-state index in [9.17, 15) is 14.9 Å². The molecule has 1 heterocycles. The second kappa shape index (κ2) is 7.92. The summed E-state index contributed by atoms with van der Waals surface area (Å²) in [5, 5.41) is 12.1. The maximum Gasteiger partial charge on any atom is 0.229 e. The summed E-state index contributed by atoms with van der Waals surface area (Å²) >= 11 is 0. The lowest BCUT2D eigenvalue weighted by molar-refractivity contribution is -0.122. The summed E-state index contributed by atoms with van der Waals surface area (Å²) < 4.78 is 5.58. The summed E-state index contributed by atoms with van der Waals surface area (Å²) in [6.45, 7) is 4.16. The van der Waals surface area contributed by atoms with Crippen LogP contribution in [0.2, 0.25) is 0 Å². The van der Waals surface area contributed by atoms with Crippen LogP contribution in [0, 0.1) is 17.2 Å². The standard InChI is InChI=1S/C21H21N3O3/c1-14(2)27-18-9-7-17(8-10-18)23-21(26)16-11-20(25)24(13-16)19-6-4-3-5-15(19)12-22/h3-10,14,16H,11,13H2,1-2H3,(H,23,26). The van der Waals surface area contributed by atoms with Gasteiger partial charge in [0.25, 0.3) is 0 Å². The summed E-state index contributed by atoms with van der Waals surface area (Å²) in [6, 6.07) is 16.1. The number of anilines is 2. The minimum atomic E-state index is -0.462. The van der Waals surface area contributed by atoms with E-state index < -0.39 is 5.92 Å². The molecule has 0 aromatic heterocycles. The van der Waals surface area contributed by atoms with Gasteiger partial charge in [-0.1, -0.05) is 12.1 Å². The van der Waals surface area contributed by atoms with Gasteiger partial charge in [0, 0.05) is 18.7 Å². The van der Waals surface area contributed by atoms with Crippen molar-refractivity contribution in [3.63, 3.8) is 0 Å². The highest BCUT2D eigenvalue weighted by Gasteiger charge is 2.36. The first kappa shape index (κ1) is 18.5. The third-order valence-corrected chi connectivity index (χ3v) is 4.30. The number of rotatable bonds is 5. The highest BCUT2D eigenvalue weighted by atomic mass is 16.5. The average molecular weight is 363 g/mol. The summed E-state index contributed by atoms with van der Waals surface area (Å²) in [4.78, 5) is 26.5. The fourth-order valence-corrected chi connectivity index (χ4v) is 3.05. The molecule has 0 spiro atoms. The third kappa shape index (κ3) is 4.26. The molecule has 1 fully saturated rings. The zero-order chi connectivity index (χ0) is 19.4. The molecule has 6 nitrogen and oxygen atoms in total. The van der Waals surface area contributed by atoms with Crippen LogP contribution in [0.5, 0.6) is 5.75 Å². The quantitative estimate of drug-likeness (QED) is 0.883. The molecule has 1 aliphatic rings. The van der Waals surface area contributed by atoms with Crippen LogP contribution in [-0.2, 0) is 9.59 Å². The zero-order valence-corrected chi connectivity index (χ0v) is 15.3. The van der Waals surface area contributed by atoms with Crippen molar-refractivity contribution in [1.29, 1.82) is 5.26 Å². The molecule has 1 saturated heterocycles. The van der Waals surface area contributed by atoms with Crippen molar-refractivity contribution in [2.24, 2.45) is 5.92 Å². The third-order valence-electron chi connectivity index (χ3n) is 4.30. The molecule has 0 radical (unpaired) electrons. The lowest BCUT2D eigenvalue weighted by Gasteiger charge is -2.18. The molecule has 2 aromatic rings. The van der Waals surface area contributed by atoms with Gasteiger partial charge >= 0.3 is 0 Å². The van der Waals surface area contributed by atoms with Gasteiger partial charge in [-0.15, -0.1) is 0 Å². The Hall–Kier alpha value is -3.33. The highest BCUT2D eigenvalue weighted by molar-refractivity contribution is 6.04. The van der Waals surface area contributed by atoms with Crippen LogP contribution in [0.4, 0.5) is 11.4 Å². The van der Waals surface area contributed by atoms with Gasteiger partial charge < -0.3 is 15.0 Å². The van der Waals surface area contributed by atoms with Gasteiger partial charge in [-0.25, -0.2) is 0 Å².